The average Bonchev–Trinajstić information content (AvgIpc) is 3.50. The van der Waals surface area contributed by atoms with E-state index in [9.17, 15) is 26.7 Å². The molecule has 4 aromatic rings. The Morgan fingerprint density at radius 2 is 1.85 bits per heavy atom. The number of amides is 1. The molecular formula is C21H16F5N5O2. The zero-order valence-corrected chi connectivity index (χ0v) is 16.8. The van der Waals surface area contributed by atoms with E-state index in [4.69, 9.17) is 4.42 Å². The number of furan rings is 1. The highest BCUT2D eigenvalue weighted by Crippen LogP contribution is 2.26. The molecule has 1 amide bonds. The predicted octanol–water partition coefficient (Wildman–Crippen LogP) is 5.04. The molecule has 0 saturated carbocycles. The Hall–Kier alpha value is -3.96. The van der Waals surface area contributed by atoms with Crippen LogP contribution in [0.15, 0.2) is 59.3 Å². The first-order chi connectivity index (χ1) is 15.8. The van der Waals surface area contributed by atoms with Gasteiger partial charge in [0, 0.05) is 11.8 Å². The summed E-state index contributed by atoms with van der Waals surface area (Å²) in [5, 5.41) is 10.1. The summed E-state index contributed by atoms with van der Waals surface area (Å²) in [7, 11) is 0. The van der Waals surface area contributed by atoms with E-state index >= 15 is 0 Å². The number of carbonyl (C=O) groups excluding carboxylic acids is 1. The van der Waals surface area contributed by atoms with E-state index < -0.39 is 30.1 Å². The van der Waals surface area contributed by atoms with Crippen LogP contribution in [0.4, 0.5) is 27.6 Å². The van der Waals surface area contributed by atoms with Crippen LogP contribution < -0.4 is 5.32 Å². The summed E-state index contributed by atoms with van der Waals surface area (Å²) in [6.45, 7) is -0.204. The summed E-state index contributed by atoms with van der Waals surface area (Å²) in [6.07, 6.45) is -3.14. The number of anilines is 1. The minimum atomic E-state index is -3.01. The van der Waals surface area contributed by atoms with Crippen LogP contribution in [-0.2, 0) is 13.1 Å². The van der Waals surface area contributed by atoms with Crippen LogP contribution in [0.2, 0.25) is 0 Å². The van der Waals surface area contributed by atoms with E-state index in [0.717, 1.165) is 0 Å². The summed E-state index contributed by atoms with van der Waals surface area (Å²) in [6, 6.07) is 9.51. The fourth-order valence-electron chi connectivity index (χ4n) is 3.10. The first kappa shape index (κ1) is 22.2. The van der Waals surface area contributed by atoms with Crippen LogP contribution in [0.25, 0.3) is 0 Å². The number of alkyl halides is 4. The van der Waals surface area contributed by atoms with Crippen LogP contribution >= 0.6 is 0 Å². The number of hydrogen-bond donors (Lipinski definition) is 1. The zero-order valence-electron chi connectivity index (χ0n) is 16.8. The van der Waals surface area contributed by atoms with Gasteiger partial charge >= 0.3 is 0 Å². The van der Waals surface area contributed by atoms with Crippen molar-refractivity contribution in [3.63, 3.8) is 0 Å². The molecule has 0 aliphatic carbocycles. The maximum Gasteiger partial charge on any atom is 0.291 e. The number of nitrogens with zero attached hydrogens (tertiary/aromatic N) is 4. The van der Waals surface area contributed by atoms with Gasteiger partial charge in [0.25, 0.3) is 18.8 Å². The second-order valence-corrected chi connectivity index (χ2v) is 6.99. The highest BCUT2D eigenvalue weighted by molar-refractivity contribution is 6.02. The van der Waals surface area contributed by atoms with Crippen LogP contribution in [0.5, 0.6) is 0 Å². The van der Waals surface area contributed by atoms with E-state index in [1.54, 1.807) is 18.2 Å². The van der Waals surface area contributed by atoms with Crippen molar-refractivity contribution in [3.8, 4) is 0 Å². The number of hydrogen-bond acceptors (Lipinski definition) is 4. The normalized spacial score (nSPS) is 11.5. The van der Waals surface area contributed by atoms with Crippen molar-refractivity contribution in [2.75, 3.05) is 5.32 Å². The number of nitrogens with one attached hydrogen (secondary N) is 1. The first-order valence-corrected chi connectivity index (χ1v) is 9.60. The lowest BCUT2D eigenvalue weighted by atomic mass is 10.2. The Labute approximate surface area is 183 Å². The topological polar surface area (TPSA) is 77.9 Å². The Kier molecular flexibility index (Phi) is 6.24. The number of carbonyl (C=O) groups is 1. The second-order valence-electron chi connectivity index (χ2n) is 6.99. The average molecular weight is 465 g/mol. The third kappa shape index (κ3) is 5.10. The molecule has 3 heterocycles. The molecule has 12 heteroatoms. The van der Waals surface area contributed by atoms with Gasteiger partial charge in [-0.1, -0.05) is 18.2 Å². The monoisotopic (exact) mass is 465 g/mol. The molecule has 0 aliphatic rings. The van der Waals surface area contributed by atoms with Gasteiger partial charge in [-0.25, -0.2) is 22.0 Å². The van der Waals surface area contributed by atoms with E-state index in [2.05, 4.69) is 15.5 Å². The molecule has 0 spiro atoms. The number of halogens is 5. The highest BCUT2D eigenvalue weighted by Gasteiger charge is 2.22. The molecule has 0 saturated heterocycles. The summed E-state index contributed by atoms with van der Waals surface area (Å²) >= 11 is 0. The lowest BCUT2D eigenvalue weighted by Crippen LogP contribution is -2.10. The van der Waals surface area contributed by atoms with Gasteiger partial charge < -0.3 is 9.73 Å². The van der Waals surface area contributed by atoms with E-state index in [1.807, 2.05) is 0 Å². The standard InChI is InChI=1S/C21H16F5N5O2/c22-15-4-2-1-3-12(15)9-30-10-13(8-27-30)28-21(32)18-6-5-14(33-18)11-31-17(20(25)26)7-16(29-31)19(23)24/h1-8,10,19-20H,9,11H2,(H,28,32). The van der Waals surface area contributed by atoms with Crippen molar-refractivity contribution in [3.05, 3.63) is 89.1 Å². The number of rotatable bonds is 8. The molecule has 0 atom stereocenters. The molecule has 172 valence electrons. The first-order valence-electron chi connectivity index (χ1n) is 9.60. The minimum Gasteiger partial charge on any atom is -0.454 e. The Bertz CT molecular complexity index is 1260. The summed E-state index contributed by atoms with van der Waals surface area (Å²) in [5.41, 5.74) is -0.717. The van der Waals surface area contributed by atoms with Gasteiger partial charge in [-0.15, -0.1) is 0 Å². The summed E-state index contributed by atoms with van der Waals surface area (Å²) in [5.74, 6) is -1.09. The van der Waals surface area contributed by atoms with E-state index in [1.165, 1.54) is 35.3 Å². The molecule has 0 bridgehead atoms. The van der Waals surface area contributed by atoms with Crippen LogP contribution in [0.3, 0.4) is 0 Å². The van der Waals surface area contributed by atoms with Crippen molar-refractivity contribution in [1.82, 2.24) is 19.6 Å². The Morgan fingerprint density at radius 1 is 1.06 bits per heavy atom. The van der Waals surface area contributed by atoms with Crippen molar-refractivity contribution in [2.24, 2.45) is 0 Å². The molecular weight excluding hydrogens is 449 g/mol. The van der Waals surface area contributed by atoms with Gasteiger partial charge in [0.2, 0.25) is 0 Å². The van der Waals surface area contributed by atoms with E-state index in [-0.39, 0.29) is 30.4 Å². The van der Waals surface area contributed by atoms with E-state index in [0.29, 0.717) is 22.0 Å². The molecule has 0 aliphatic heterocycles. The fourth-order valence-corrected chi connectivity index (χ4v) is 3.10. The van der Waals surface area contributed by atoms with Crippen molar-refractivity contribution in [1.29, 1.82) is 0 Å². The molecule has 0 fully saturated rings. The molecule has 1 N–H and O–H groups in total. The minimum absolute atomic E-state index is 0.0706. The third-order valence-corrected chi connectivity index (χ3v) is 4.65. The number of benzene rings is 1. The van der Waals surface area contributed by atoms with Gasteiger partial charge in [-0.3, -0.25) is 14.2 Å². The van der Waals surface area contributed by atoms with Crippen molar-refractivity contribution < 1.29 is 31.2 Å². The molecule has 0 unspecified atom stereocenters. The molecule has 3 aromatic heterocycles. The smallest absolute Gasteiger partial charge is 0.291 e. The predicted molar refractivity (Wildman–Crippen MR) is 106 cm³/mol. The van der Waals surface area contributed by atoms with Crippen LogP contribution in [0, 0.1) is 5.82 Å². The molecule has 0 radical (unpaired) electrons. The fraction of sp³-hybridized carbons (Fsp3) is 0.190. The SMILES string of the molecule is O=C(Nc1cnn(Cc2ccccc2F)c1)c1ccc(Cn2nc(C(F)F)cc2C(F)F)o1. The quantitative estimate of drug-likeness (QED) is 0.370. The Balaban J connectivity index is 1.42. The molecule has 33 heavy (non-hydrogen) atoms. The van der Waals surface area contributed by atoms with Crippen LogP contribution in [0.1, 0.15) is 46.1 Å². The van der Waals surface area contributed by atoms with Gasteiger partial charge in [0.1, 0.15) is 23.0 Å². The summed E-state index contributed by atoms with van der Waals surface area (Å²) in [4.78, 5) is 12.4. The molecule has 7 nitrogen and oxygen atoms in total. The number of aromatic nitrogens is 4. The zero-order chi connectivity index (χ0) is 23.5. The maximum absolute atomic E-state index is 13.8. The largest absolute Gasteiger partial charge is 0.454 e. The van der Waals surface area contributed by atoms with Gasteiger partial charge in [0.15, 0.2) is 5.76 Å². The van der Waals surface area contributed by atoms with Gasteiger partial charge in [0.05, 0.1) is 25.0 Å². The third-order valence-electron chi connectivity index (χ3n) is 4.65. The van der Waals surface area contributed by atoms with Gasteiger partial charge in [-0.05, 0) is 24.3 Å². The van der Waals surface area contributed by atoms with Crippen LogP contribution in [-0.4, -0.2) is 25.5 Å². The highest BCUT2D eigenvalue weighted by atomic mass is 19.3. The summed E-state index contributed by atoms with van der Waals surface area (Å²) < 4.78 is 73.1. The van der Waals surface area contributed by atoms with Gasteiger partial charge in [-0.2, -0.15) is 10.2 Å². The van der Waals surface area contributed by atoms with Crippen molar-refractivity contribution in [2.45, 2.75) is 25.9 Å². The lowest BCUT2D eigenvalue weighted by molar-refractivity contribution is 0.0994. The van der Waals surface area contributed by atoms with Crippen molar-refractivity contribution >= 4 is 11.6 Å². The Morgan fingerprint density at radius 3 is 2.58 bits per heavy atom. The second kappa shape index (κ2) is 9.27. The molecule has 4 rings (SSSR count). The maximum atomic E-state index is 13.8. The lowest BCUT2D eigenvalue weighted by Gasteiger charge is -2.04. The molecule has 1 aromatic carbocycles.